The number of carboxylic acid groups (broad SMARTS) is 2. The normalized spacial score (nSPS) is 22.4. The first kappa shape index (κ1) is 28.5. The summed E-state index contributed by atoms with van der Waals surface area (Å²) in [7, 11) is 0. The second-order valence-corrected chi connectivity index (χ2v) is 9.62. The molecule has 0 aromatic heterocycles. The van der Waals surface area contributed by atoms with Crippen LogP contribution in [-0.2, 0) is 30.3 Å². The van der Waals surface area contributed by atoms with E-state index in [1.807, 2.05) is 0 Å². The summed E-state index contributed by atoms with van der Waals surface area (Å²) in [6, 6.07) is 9.06. The third-order valence-electron chi connectivity index (χ3n) is 6.98. The van der Waals surface area contributed by atoms with Crippen molar-refractivity contribution in [1.82, 2.24) is 15.1 Å². The summed E-state index contributed by atoms with van der Waals surface area (Å²) in [6.45, 7) is 1.78. The van der Waals surface area contributed by atoms with Crippen LogP contribution in [0.3, 0.4) is 0 Å². The molecule has 0 aliphatic carbocycles. The largest absolute Gasteiger partial charge is 0.481 e. The lowest BCUT2D eigenvalue weighted by Crippen LogP contribution is -2.68. The lowest BCUT2D eigenvalue weighted by Gasteiger charge is -2.43. The van der Waals surface area contributed by atoms with Crippen LogP contribution >= 0.6 is 0 Å². The molecule has 13 heteroatoms. The van der Waals surface area contributed by atoms with E-state index in [9.17, 15) is 29.1 Å². The Labute approximate surface area is 228 Å². The number of benzene rings is 2. The minimum Gasteiger partial charge on any atom is -0.481 e. The zero-order valence-electron chi connectivity index (χ0n) is 21.6. The van der Waals surface area contributed by atoms with Crippen LogP contribution in [0.25, 0.3) is 0 Å². The first-order valence-electron chi connectivity index (χ1n) is 12.6. The molecule has 40 heavy (non-hydrogen) atoms. The van der Waals surface area contributed by atoms with Crippen LogP contribution in [0.1, 0.15) is 30.5 Å². The van der Waals surface area contributed by atoms with Crippen molar-refractivity contribution in [3.05, 3.63) is 65.5 Å². The maximum atomic E-state index is 15.0. The number of morpholine rings is 1. The van der Waals surface area contributed by atoms with Crippen molar-refractivity contribution in [3.8, 4) is 0 Å². The van der Waals surface area contributed by atoms with Gasteiger partial charge in [-0.05, 0) is 23.8 Å². The van der Waals surface area contributed by atoms with Gasteiger partial charge in [0.1, 0.15) is 5.82 Å². The Balaban J connectivity index is 1.77. The van der Waals surface area contributed by atoms with E-state index in [1.54, 1.807) is 6.07 Å². The first-order chi connectivity index (χ1) is 19.0. The van der Waals surface area contributed by atoms with E-state index >= 15 is 4.39 Å². The topological polar surface area (TPSA) is 166 Å². The monoisotopic (exact) mass is 556 g/mol. The van der Waals surface area contributed by atoms with Gasteiger partial charge < -0.3 is 35.4 Å². The third-order valence-corrected chi connectivity index (χ3v) is 6.98. The van der Waals surface area contributed by atoms with Gasteiger partial charge in [0.25, 0.3) is 5.91 Å². The van der Waals surface area contributed by atoms with Crippen LogP contribution in [-0.4, -0.2) is 81.8 Å². The fourth-order valence-corrected chi connectivity index (χ4v) is 5.37. The maximum absolute atomic E-state index is 15.0. The molecular formula is C27H29FN4O8. The molecule has 4 amide bonds. The fraction of sp³-hybridized carbons (Fsp3) is 0.370. The number of hydrogen-bond acceptors (Lipinski definition) is 6. The molecule has 2 aliphatic heterocycles. The molecule has 4 rings (SSSR count). The van der Waals surface area contributed by atoms with Crippen molar-refractivity contribution < 1.29 is 43.3 Å². The number of aliphatic carboxylic acids is 2. The van der Waals surface area contributed by atoms with Crippen LogP contribution in [0, 0.1) is 11.7 Å². The number of urea groups is 1. The number of hydrogen-bond donors (Lipinski definition) is 4. The summed E-state index contributed by atoms with van der Waals surface area (Å²) in [5.74, 6) is -6.13. The molecule has 2 aromatic rings. The molecular weight excluding hydrogens is 527 g/mol. The molecule has 2 aromatic carbocycles. The number of carboxylic acids is 2. The summed E-state index contributed by atoms with van der Waals surface area (Å²) in [5.41, 5.74) is -1.67. The van der Waals surface area contributed by atoms with Gasteiger partial charge in [0.2, 0.25) is 5.91 Å². The van der Waals surface area contributed by atoms with Crippen LogP contribution in [0.2, 0.25) is 0 Å². The van der Waals surface area contributed by atoms with Crippen LogP contribution in [0.5, 0.6) is 0 Å². The van der Waals surface area contributed by atoms with E-state index in [2.05, 4.69) is 10.6 Å². The number of nitrogens with zero attached hydrogens (tertiary/aromatic N) is 2. The SMILES string of the molecule is CC(=O)N1C(c2ccccc2F)C(C(=O)O)CC1(NC(=O)Nc1cccc(CC(=O)O)c1)C(=O)N1CCOCC1. The van der Waals surface area contributed by atoms with Crippen molar-refractivity contribution in [2.24, 2.45) is 5.92 Å². The number of likely N-dealkylation sites (tertiary alicyclic amines) is 1. The lowest BCUT2D eigenvalue weighted by atomic mass is 9.91. The summed E-state index contributed by atoms with van der Waals surface area (Å²) < 4.78 is 20.3. The average Bonchev–Trinajstić information content (AvgIpc) is 3.25. The molecule has 2 heterocycles. The molecule has 212 valence electrons. The number of rotatable bonds is 7. The summed E-state index contributed by atoms with van der Waals surface area (Å²) in [4.78, 5) is 66.5. The highest BCUT2D eigenvalue weighted by molar-refractivity contribution is 5.99. The molecule has 0 bridgehead atoms. The molecule has 4 N–H and O–H groups in total. The number of ether oxygens (including phenoxy) is 1. The highest BCUT2D eigenvalue weighted by Crippen LogP contribution is 2.47. The van der Waals surface area contributed by atoms with E-state index in [-0.39, 0.29) is 44.0 Å². The molecule has 0 spiro atoms. The zero-order chi connectivity index (χ0) is 29.0. The fourth-order valence-electron chi connectivity index (χ4n) is 5.37. The van der Waals surface area contributed by atoms with E-state index in [4.69, 9.17) is 9.84 Å². The van der Waals surface area contributed by atoms with Gasteiger partial charge in [-0.15, -0.1) is 0 Å². The molecule has 2 aliphatic rings. The van der Waals surface area contributed by atoms with Crippen molar-refractivity contribution in [2.45, 2.75) is 31.5 Å². The highest BCUT2D eigenvalue weighted by atomic mass is 19.1. The van der Waals surface area contributed by atoms with Gasteiger partial charge in [-0.25, -0.2) is 9.18 Å². The van der Waals surface area contributed by atoms with Gasteiger partial charge in [-0.3, -0.25) is 19.2 Å². The minimum atomic E-state index is -2.18. The number of anilines is 1. The summed E-state index contributed by atoms with van der Waals surface area (Å²) in [5, 5.41) is 24.3. The molecule has 2 saturated heterocycles. The molecule has 3 atom stereocenters. The Bertz CT molecular complexity index is 1330. The Morgan fingerprint density at radius 2 is 1.75 bits per heavy atom. The van der Waals surface area contributed by atoms with Crippen molar-refractivity contribution in [2.75, 3.05) is 31.6 Å². The lowest BCUT2D eigenvalue weighted by molar-refractivity contribution is -0.157. The quantitative estimate of drug-likeness (QED) is 0.401. The Morgan fingerprint density at radius 1 is 1.05 bits per heavy atom. The standard InChI is InChI=1S/C27H29FN4O8/c1-16(33)32-23(19-7-2-3-8-21(19)28)20(24(36)37)15-27(32,25(38)31-9-11-40-12-10-31)30-26(39)29-18-6-4-5-17(13-18)14-22(34)35/h2-8,13,20,23H,9-12,14-15H2,1H3,(H,34,35)(H,36,37)(H2,29,30,39). The molecule has 12 nitrogen and oxygen atoms in total. The summed E-state index contributed by atoms with van der Waals surface area (Å²) >= 11 is 0. The zero-order valence-corrected chi connectivity index (χ0v) is 21.6. The van der Waals surface area contributed by atoms with E-state index < -0.39 is 59.6 Å². The summed E-state index contributed by atoms with van der Waals surface area (Å²) in [6.07, 6.45) is -0.817. The third kappa shape index (κ3) is 5.73. The predicted molar refractivity (Wildman–Crippen MR) is 137 cm³/mol. The van der Waals surface area contributed by atoms with Gasteiger partial charge in [0.05, 0.1) is 31.6 Å². The second-order valence-electron chi connectivity index (χ2n) is 9.62. The number of amides is 4. The molecule has 0 saturated carbocycles. The van der Waals surface area contributed by atoms with E-state index in [0.29, 0.717) is 5.56 Å². The van der Waals surface area contributed by atoms with Crippen LogP contribution in [0.4, 0.5) is 14.9 Å². The van der Waals surface area contributed by atoms with Gasteiger partial charge in [0.15, 0.2) is 5.66 Å². The Morgan fingerprint density at radius 3 is 2.38 bits per heavy atom. The van der Waals surface area contributed by atoms with Crippen molar-refractivity contribution in [3.63, 3.8) is 0 Å². The van der Waals surface area contributed by atoms with Gasteiger partial charge >= 0.3 is 18.0 Å². The molecule has 0 radical (unpaired) electrons. The Hall–Kier alpha value is -4.52. The van der Waals surface area contributed by atoms with E-state index in [1.165, 1.54) is 41.3 Å². The molecule has 3 unspecified atom stereocenters. The number of carbonyl (C=O) groups excluding carboxylic acids is 3. The van der Waals surface area contributed by atoms with Crippen LogP contribution in [0.15, 0.2) is 48.5 Å². The van der Waals surface area contributed by atoms with Gasteiger partial charge in [-0.2, -0.15) is 0 Å². The minimum absolute atomic E-state index is 0.106. The maximum Gasteiger partial charge on any atom is 0.321 e. The second kappa shape index (κ2) is 11.7. The van der Waals surface area contributed by atoms with Crippen molar-refractivity contribution in [1.29, 1.82) is 0 Å². The van der Waals surface area contributed by atoms with Crippen molar-refractivity contribution >= 4 is 35.5 Å². The predicted octanol–water partition coefficient (Wildman–Crippen LogP) is 1.82. The van der Waals surface area contributed by atoms with Gasteiger partial charge in [0, 0.05) is 37.7 Å². The number of nitrogens with one attached hydrogen (secondary N) is 2. The smallest absolute Gasteiger partial charge is 0.321 e. The molecule has 2 fully saturated rings. The average molecular weight is 557 g/mol. The highest BCUT2D eigenvalue weighted by Gasteiger charge is 2.62. The van der Waals surface area contributed by atoms with Crippen LogP contribution < -0.4 is 10.6 Å². The first-order valence-corrected chi connectivity index (χ1v) is 12.6. The van der Waals surface area contributed by atoms with Gasteiger partial charge in [-0.1, -0.05) is 30.3 Å². The number of carbonyl (C=O) groups is 5. The Kier molecular flexibility index (Phi) is 8.33. The number of halogens is 1. The van der Waals surface area contributed by atoms with E-state index in [0.717, 1.165) is 17.9 Å².